The maximum Gasteiger partial charge on any atom is 0.341 e. The van der Waals surface area contributed by atoms with Crippen molar-refractivity contribution in [3.63, 3.8) is 0 Å². The Bertz CT molecular complexity index is 523. The number of hydrogen-bond acceptors (Lipinski definition) is 4. The van der Waals surface area contributed by atoms with E-state index in [0.717, 1.165) is 11.3 Å². The lowest BCUT2D eigenvalue weighted by molar-refractivity contribution is 0.0337. The van der Waals surface area contributed by atoms with Crippen molar-refractivity contribution in [2.75, 3.05) is 7.11 Å². The molecular formula is C13H14N2O3. The van der Waals surface area contributed by atoms with E-state index in [0.29, 0.717) is 5.56 Å². The number of nitrogens with zero attached hydrogens (tertiary/aromatic N) is 1. The summed E-state index contributed by atoms with van der Waals surface area (Å²) in [7, 11) is 1.60. The van der Waals surface area contributed by atoms with Crippen LogP contribution in [-0.2, 0) is 4.74 Å². The van der Waals surface area contributed by atoms with Gasteiger partial charge in [-0.25, -0.2) is 4.79 Å². The molecule has 1 unspecified atom stereocenters. The van der Waals surface area contributed by atoms with E-state index in [1.54, 1.807) is 7.11 Å². The molecule has 0 aliphatic carbocycles. The van der Waals surface area contributed by atoms with Crippen molar-refractivity contribution in [2.45, 2.75) is 13.0 Å². The van der Waals surface area contributed by atoms with Crippen LogP contribution in [0.25, 0.3) is 0 Å². The van der Waals surface area contributed by atoms with Crippen LogP contribution >= 0.6 is 0 Å². The maximum atomic E-state index is 11.7. The minimum Gasteiger partial charge on any atom is -0.497 e. The smallest absolute Gasteiger partial charge is 0.341 e. The van der Waals surface area contributed by atoms with Gasteiger partial charge in [0.15, 0.2) is 0 Å². The molecule has 1 aromatic carbocycles. The van der Waals surface area contributed by atoms with Crippen molar-refractivity contribution in [3.05, 3.63) is 47.8 Å². The van der Waals surface area contributed by atoms with E-state index in [1.165, 1.54) is 12.4 Å². The molecule has 5 heteroatoms. The minimum absolute atomic E-state index is 0.345. The molecule has 94 valence electrons. The molecule has 2 aromatic rings. The first-order valence-electron chi connectivity index (χ1n) is 5.54. The van der Waals surface area contributed by atoms with Crippen LogP contribution in [-0.4, -0.2) is 23.3 Å². The van der Waals surface area contributed by atoms with Gasteiger partial charge in [-0.15, -0.1) is 0 Å². The highest BCUT2D eigenvalue weighted by molar-refractivity contribution is 5.88. The molecule has 2 rings (SSSR count). The van der Waals surface area contributed by atoms with Crippen molar-refractivity contribution in [3.8, 4) is 5.75 Å². The fourth-order valence-electron chi connectivity index (χ4n) is 1.55. The predicted octanol–water partition coefficient (Wildman–Crippen LogP) is 2.34. The van der Waals surface area contributed by atoms with Gasteiger partial charge in [0.25, 0.3) is 0 Å². The number of carbonyl (C=O) groups excluding carboxylic acids is 1. The number of benzene rings is 1. The van der Waals surface area contributed by atoms with Crippen LogP contribution in [0.1, 0.15) is 28.9 Å². The molecule has 0 bridgehead atoms. The topological polar surface area (TPSA) is 64.2 Å². The summed E-state index contributed by atoms with van der Waals surface area (Å²) in [5.74, 6) is 0.331. The first-order valence-corrected chi connectivity index (χ1v) is 5.54. The summed E-state index contributed by atoms with van der Waals surface area (Å²) in [6.07, 6.45) is 2.59. The second kappa shape index (κ2) is 5.35. The zero-order valence-electron chi connectivity index (χ0n) is 10.2. The molecule has 1 aromatic heterocycles. The van der Waals surface area contributed by atoms with Crippen molar-refractivity contribution >= 4 is 5.97 Å². The third-order valence-corrected chi connectivity index (χ3v) is 2.58. The molecule has 0 spiro atoms. The molecule has 0 saturated carbocycles. The van der Waals surface area contributed by atoms with Gasteiger partial charge in [-0.2, -0.15) is 5.10 Å². The largest absolute Gasteiger partial charge is 0.497 e. The number of carbonyl (C=O) groups is 1. The molecule has 1 N–H and O–H groups in total. The van der Waals surface area contributed by atoms with E-state index in [4.69, 9.17) is 9.47 Å². The standard InChI is InChI=1S/C13H14N2O3/c1-9(10-4-3-5-12(6-10)17-2)18-13(16)11-7-14-15-8-11/h3-9H,1-2H3,(H,14,15). The molecule has 18 heavy (non-hydrogen) atoms. The second-order valence-corrected chi connectivity index (χ2v) is 3.81. The van der Waals surface area contributed by atoms with E-state index >= 15 is 0 Å². The number of nitrogens with one attached hydrogen (secondary N) is 1. The monoisotopic (exact) mass is 246 g/mol. The van der Waals surface area contributed by atoms with Gasteiger partial charge in [0, 0.05) is 6.20 Å². The maximum absolute atomic E-state index is 11.7. The zero-order valence-corrected chi connectivity index (χ0v) is 10.2. The SMILES string of the molecule is COc1cccc(C(C)OC(=O)c2cn[nH]c2)c1. The van der Waals surface area contributed by atoms with E-state index in [-0.39, 0.29) is 6.10 Å². The lowest BCUT2D eigenvalue weighted by Gasteiger charge is -2.13. The number of H-pyrrole nitrogens is 1. The lowest BCUT2D eigenvalue weighted by atomic mass is 10.1. The Morgan fingerprint density at radius 3 is 2.94 bits per heavy atom. The summed E-state index contributed by atoms with van der Waals surface area (Å²) in [6, 6.07) is 7.42. The van der Waals surface area contributed by atoms with E-state index < -0.39 is 5.97 Å². The van der Waals surface area contributed by atoms with Crippen molar-refractivity contribution < 1.29 is 14.3 Å². The Hall–Kier alpha value is -2.30. The van der Waals surface area contributed by atoms with Gasteiger partial charge >= 0.3 is 5.97 Å². The highest BCUT2D eigenvalue weighted by Gasteiger charge is 2.14. The highest BCUT2D eigenvalue weighted by atomic mass is 16.5. The van der Waals surface area contributed by atoms with Gasteiger partial charge in [0.1, 0.15) is 11.9 Å². The van der Waals surface area contributed by atoms with Crippen LogP contribution in [0, 0.1) is 0 Å². The number of hydrogen-bond donors (Lipinski definition) is 1. The second-order valence-electron chi connectivity index (χ2n) is 3.81. The van der Waals surface area contributed by atoms with E-state index in [2.05, 4.69) is 10.2 Å². The van der Waals surface area contributed by atoms with Crippen LogP contribution in [0.3, 0.4) is 0 Å². The van der Waals surface area contributed by atoms with Crippen LogP contribution in [0.5, 0.6) is 5.75 Å². The minimum atomic E-state index is -0.404. The number of esters is 1. The average Bonchev–Trinajstić information content (AvgIpc) is 2.92. The third kappa shape index (κ3) is 2.68. The van der Waals surface area contributed by atoms with E-state index in [9.17, 15) is 4.79 Å². The summed E-state index contributed by atoms with van der Waals surface area (Å²) in [5.41, 5.74) is 1.29. The number of aromatic amines is 1. The quantitative estimate of drug-likeness (QED) is 0.841. The first kappa shape index (κ1) is 12.2. The number of aromatic nitrogens is 2. The third-order valence-electron chi connectivity index (χ3n) is 2.58. The van der Waals surface area contributed by atoms with Crippen LogP contribution in [0.4, 0.5) is 0 Å². The van der Waals surface area contributed by atoms with Crippen molar-refractivity contribution in [1.29, 1.82) is 0 Å². The number of methoxy groups -OCH3 is 1. The molecule has 0 fully saturated rings. The molecule has 1 atom stereocenters. The van der Waals surface area contributed by atoms with Crippen molar-refractivity contribution in [2.24, 2.45) is 0 Å². The molecule has 0 amide bonds. The summed E-state index contributed by atoms with van der Waals surface area (Å²) >= 11 is 0. The first-order chi connectivity index (χ1) is 8.70. The fourth-order valence-corrected chi connectivity index (χ4v) is 1.55. The molecule has 0 radical (unpaired) electrons. The van der Waals surface area contributed by atoms with Gasteiger partial charge < -0.3 is 9.47 Å². The normalized spacial score (nSPS) is 11.9. The predicted molar refractivity (Wildman–Crippen MR) is 65.4 cm³/mol. The molecular weight excluding hydrogens is 232 g/mol. The van der Waals surface area contributed by atoms with Crippen LogP contribution in [0.2, 0.25) is 0 Å². The summed E-state index contributed by atoms with van der Waals surface area (Å²) in [6.45, 7) is 1.81. The van der Waals surface area contributed by atoms with Gasteiger partial charge in [0.2, 0.25) is 0 Å². The Morgan fingerprint density at radius 1 is 1.44 bits per heavy atom. The number of ether oxygens (including phenoxy) is 2. The van der Waals surface area contributed by atoms with Crippen LogP contribution < -0.4 is 4.74 Å². The molecule has 0 aliphatic rings. The Balaban J connectivity index is 2.07. The Morgan fingerprint density at radius 2 is 2.28 bits per heavy atom. The molecule has 5 nitrogen and oxygen atoms in total. The Labute approximate surface area is 105 Å². The Kier molecular flexibility index (Phi) is 3.62. The van der Waals surface area contributed by atoms with Crippen molar-refractivity contribution in [1.82, 2.24) is 10.2 Å². The van der Waals surface area contributed by atoms with Gasteiger partial charge in [-0.05, 0) is 24.6 Å². The zero-order chi connectivity index (χ0) is 13.0. The summed E-state index contributed by atoms with van der Waals surface area (Å²) in [4.78, 5) is 11.7. The molecule has 0 saturated heterocycles. The lowest BCUT2D eigenvalue weighted by Crippen LogP contribution is -2.08. The molecule has 0 aliphatic heterocycles. The van der Waals surface area contributed by atoms with Crippen LogP contribution in [0.15, 0.2) is 36.7 Å². The highest BCUT2D eigenvalue weighted by Crippen LogP contribution is 2.22. The fraction of sp³-hybridized carbons (Fsp3) is 0.231. The van der Waals surface area contributed by atoms with Gasteiger partial charge in [0.05, 0.1) is 18.9 Å². The van der Waals surface area contributed by atoms with Gasteiger partial charge in [-0.1, -0.05) is 12.1 Å². The number of rotatable bonds is 4. The molecule has 1 heterocycles. The van der Waals surface area contributed by atoms with Gasteiger partial charge in [-0.3, -0.25) is 5.10 Å². The average molecular weight is 246 g/mol. The summed E-state index contributed by atoms with van der Waals surface area (Å²) < 4.78 is 10.5. The summed E-state index contributed by atoms with van der Waals surface area (Å²) in [5, 5.41) is 6.28. The van der Waals surface area contributed by atoms with E-state index in [1.807, 2.05) is 31.2 Å².